The predicted octanol–water partition coefficient (Wildman–Crippen LogP) is 2.40. The van der Waals surface area contributed by atoms with Gasteiger partial charge in [-0.3, -0.25) is 4.79 Å². The highest BCUT2D eigenvalue weighted by molar-refractivity contribution is 14.1. The van der Waals surface area contributed by atoms with E-state index in [4.69, 9.17) is 4.74 Å². The first-order valence-electron chi connectivity index (χ1n) is 6.26. The van der Waals surface area contributed by atoms with E-state index in [2.05, 4.69) is 27.9 Å². The summed E-state index contributed by atoms with van der Waals surface area (Å²) < 4.78 is 6.51. The Balaban J connectivity index is 2.49. The van der Waals surface area contributed by atoms with Gasteiger partial charge in [0.2, 0.25) is 0 Å². The van der Waals surface area contributed by atoms with Crippen LogP contribution >= 0.6 is 22.6 Å². The minimum Gasteiger partial charge on any atom is -0.374 e. The Morgan fingerprint density at radius 3 is 2.42 bits per heavy atom. The second-order valence-corrected chi connectivity index (χ2v) is 6.10. The molecule has 0 aliphatic rings. The number of halogens is 1. The Morgan fingerprint density at radius 1 is 1.32 bits per heavy atom. The first-order chi connectivity index (χ1) is 8.90. The predicted molar refractivity (Wildman–Crippen MR) is 82.9 cm³/mol. The standard InChI is InChI=1S/C14H20INO3/c1-9(2)8-19-10(3)13(17)16-14(18)11-4-6-12(15)7-5-11/h4-7,9-10,13,17H,8H2,1-3H3,(H,16,18)/t10-,13-/m1/s1. The van der Waals surface area contributed by atoms with Gasteiger partial charge in [-0.1, -0.05) is 13.8 Å². The summed E-state index contributed by atoms with van der Waals surface area (Å²) in [5.74, 6) is 0.0884. The Bertz CT molecular complexity index is 406. The average Bonchev–Trinajstić information content (AvgIpc) is 2.36. The zero-order valence-corrected chi connectivity index (χ0v) is 13.5. The van der Waals surface area contributed by atoms with E-state index in [1.807, 2.05) is 26.0 Å². The molecule has 1 amide bonds. The second-order valence-electron chi connectivity index (χ2n) is 4.86. The highest BCUT2D eigenvalue weighted by Gasteiger charge is 2.18. The zero-order valence-electron chi connectivity index (χ0n) is 11.4. The van der Waals surface area contributed by atoms with Gasteiger partial charge >= 0.3 is 0 Å². The van der Waals surface area contributed by atoms with Crippen molar-refractivity contribution in [1.82, 2.24) is 5.32 Å². The van der Waals surface area contributed by atoms with Crippen molar-refractivity contribution < 1.29 is 14.6 Å². The topological polar surface area (TPSA) is 58.6 Å². The van der Waals surface area contributed by atoms with Crippen molar-refractivity contribution in [2.24, 2.45) is 5.92 Å². The Morgan fingerprint density at radius 2 is 1.89 bits per heavy atom. The fraction of sp³-hybridized carbons (Fsp3) is 0.500. The maximum Gasteiger partial charge on any atom is 0.253 e. The van der Waals surface area contributed by atoms with Crippen molar-refractivity contribution in [3.05, 3.63) is 33.4 Å². The normalized spacial score (nSPS) is 14.2. The lowest BCUT2D eigenvalue weighted by atomic mass is 10.2. The molecule has 0 fully saturated rings. The molecule has 2 atom stereocenters. The maximum atomic E-state index is 11.9. The van der Waals surface area contributed by atoms with E-state index in [1.165, 1.54) is 0 Å². The van der Waals surface area contributed by atoms with Crippen LogP contribution in [0.4, 0.5) is 0 Å². The van der Waals surface area contributed by atoms with E-state index in [9.17, 15) is 9.90 Å². The number of carbonyl (C=O) groups excluding carboxylic acids is 1. The summed E-state index contributed by atoms with van der Waals surface area (Å²) in [6.45, 7) is 6.35. The minimum atomic E-state index is -1.01. The van der Waals surface area contributed by atoms with Gasteiger partial charge in [-0.05, 0) is 59.7 Å². The third-order valence-electron chi connectivity index (χ3n) is 2.52. The molecular weight excluding hydrogens is 357 g/mol. The third kappa shape index (κ3) is 5.88. The number of carbonyl (C=O) groups is 1. The van der Waals surface area contributed by atoms with Gasteiger partial charge in [-0.2, -0.15) is 0 Å². The molecular formula is C14H20INO3. The smallest absolute Gasteiger partial charge is 0.253 e. The Kier molecular flexibility index (Phi) is 6.74. The summed E-state index contributed by atoms with van der Waals surface area (Å²) in [6, 6.07) is 7.15. The summed E-state index contributed by atoms with van der Waals surface area (Å²) >= 11 is 2.17. The van der Waals surface area contributed by atoms with Gasteiger partial charge in [0, 0.05) is 15.7 Å². The number of ether oxygens (including phenoxy) is 1. The van der Waals surface area contributed by atoms with Gasteiger partial charge in [-0.15, -0.1) is 0 Å². The van der Waals surface area contributed by atoms with Crippen molar-refractivity contribution >= 4 is 28.5 Å². The van der Waals surface area contributed by atoms with Crippen LogP contribution in [-0.2, 0) is 4.74 Å². The quantitative estimate of drug-likeness (QED) is 0.591. The van der Waals surface area contributed by atoms with Crippen LogP contribution in [0.1, 0.15) is 31.1 Å². The first-order valence-corrected chi connectivity index (χ1v) is 7.34. The molecule has 0 aliphatic carbocycles. The lowest BCUT2D eigenvalue weighted by Crippen LogP contribution is -2.43. The second kappa shape index (κ2) is 7.81. The van der Waals surface area contributed by atoms with Crippen LogP contribution < -0.4 is 5.32 Å². The molecule has 0 spiro atoms. The van der Waals surface area contributed by atoms with E-state index in [0.29, 0.717) is 18.1 Å². The van der Waals surface area contributed by atoms with Crippen LogP contribution in [0.3, 0.4) is 0 Å². The molecule has 0 heterocycles. The highest BCUT2D eigenvalue weighted by Crippen LogP contribution is 2.07. The lowest BCUT2D eigenvalue weighted by Gasteiger charge is -2.21. The van der Waals surface area contributed by atoms with Crippen LogP contribution in [0.15, 0.2) is 24.3 Å². The fourth-order valence-electron chi connectivity index (χ4n) is 1.37. The summed E-state index contributed by atoms with van der Waals surface area (Å²) in [5.41, 5.74) is 0.524. The number of rotatable bonds is 6. The van der Waals surface area contributed by atoms with Crippen molar-refractivity contribution in [3.8, 4) is 0 Å². The zero-order chi connectivity index (χ0) is 14.4. The summed E-state index contributed by atoms with van der Waals surface area (Å²) in [5, 5.41) is 12.4. The molecule has 106 valence electrons. The van der Waals surface area contributed by atoms with Crippen LogP contribution in [0.25, 0.3) is 0 Å². The van der Waals surface area contributed by atoms with Crippen molar-refractivity contribution in [1.29, 1.82) is 0 Å². The number of amides is 1. The Labute approximate surface area is 127 Å². The summed E-state index contributed by atoms with van der Waals surface area (Å²) in [4.78, 5) is 11.9. The highest BCUT2D eigenvalue weighted by atomic mass is 127. The van der Waals surface area contributed by atoms with Crippen LogP contribution in [-0.4, -0.2) is 30.0 Å². The van der Waals surface area contributed by atoms with E-state index >= 15 is 0 Å². The number of nitrogens with one attached hydrogen (secondary N) is 1. The van der Waals surface area contributed by atoms with Crippen LogP contribution in [0, 0.1) is 9.49 Å². The summed E-state index contributed by atoms with van der Waals surface area (Å²) in [6.07, 6.45) is -1.44. The minimum absolute atomic E-state index is 0.302. The number of aliphatic hydroxyl groups excluding tert-OH is 1. The van der Waals surface area contributed by atoms with Crippen molar-refractivity contribution in [3.63, 3.8) is 0 Å². The van der Waals surface area contributed by atoms with E-state index in [-0.39, 0.29) is 5.91 Å². The molecule has 1 rings (SSSR count). The molecule has 0 bridgehead atoms. The van der Waals surface area contributed by atoms with Crippen molar-refractivity contribution in [2.45, 2.75) is 33.1 Å². The van der Waals surface area contributed by atoms with Gasteiger partial charge in [0.05, 0.1) is 6.10 Å². The summed E-state index contributed by atoms with van der Waals surface area (Å²) in [7, 11) is 0. The van der Waals surface area contributed by atoms with Gasteiger partial charge in [0.25, 0.3) is 5.91 Å². The van der Waals surface area contributed by atoms with Gasteiger partial charge in [0.1, 0.15) is 0 Å². The van der Waals surface area contributed by atoms with Gasteiger partial charge < -0.3 is 15.2 Å². The number of hydrogen-bond acceptors (Lipinski definition) is 3. The molecule has 1 aromatic rings. The number of aliphatic hydroxyl groups is 1. The molecule has 5 heteroatoms. The molecule has 1 aromatic carbocycles. The lowest BCUT2D eigenvalue weighted by molar-refractivity contribution is -0.0459. The Hall–Kier alpha value is -0.660. The fourth-order valence-corrected chi connectivity index (χ4v) is 1.73. The molecule has 19 heavy (non-hydrogen) atoms. The molecule has 2 N–H and O–H groups in total. The molecule has 4 nitrogen and oxygen atoms in total. The number of hydrogen-bond donors (Lipinski definition) is 2. The third-order valence-corrected chi connectivity index (χ3v) is 3.24. The van der Waals surface area contributed by atoms with Gasteiger partial charge in [-0.25, -0.2) is 0 Å². The molecule has 0 saturated heterocycles. The first kappa shape index (κ1) is 16.4. The molecule has 0 aromatic heterocycles. The van der Waals surface area contributed by atoms with E-state index < -0.39 is 12.3 Å². The van der Waals surface area contributed by atoms with E-state index in [1.54, 1.807) is 19.1 Å². The monoisotopic (exact) mass is 377 g/mol. The van der Waals surface area contributed by atoms with Gasteiger partial charge in [0.15, 0.2) is 6.23 Å². The molecule has 0 aliphatic heterocycles. The van der Waals surface area contributed by atoms with Crippen molar-refractivity contribution in [2.75, 3.05) is 6.61 Å². The SMILES string of the molecule is CC(C)CO[C@H](C)[C@@H](O)NC(=O)c1ccc(I)cc1. The van der Waals surface area contributed by atoms with Crippen LogP contribution in [0.2, 0.25) is 0 Å². The van der Waals surface area contributed by atoms with Crippen LogP contribution in [0.5, 0.6) is 0 Å². The number of benzene rings is 1. The van der Waals surface area contributed by atoms with E-state index in [0.717, 1.165) is 3.57 Å². The largest absolute Gasteiger partial charge is 0.374 e. The maximum absolute atomic E-state index is 11.9. The molecule has 0 saturated carbocycles. The molecule has 0 radical (unpaired) electrons. The average molecular weight is 377 g/mol. The molecule has 0 unspecified atom stereocenters.